The second-order valence-electron chi connectivity index (χ2n) is 9.21. The van der Waals surface area contributed by atoms with Crippen molar-refractivity contribution >= 4 is 17.5 Å². The van der Waals surface area contributed by atoms with Gasteiger partial charge in [0.25, 0.3) is 5.91 Å². The number of anilines is 1. The molecule has 4 rings (SSSR count). The summed E-state index contributed by atoms with van der Waals surface area (Å²) in [4.78, 5) is 37.0. The summed E-state index contributed by atoms with van der Waals surface area (Å²) in [6, 6.07) is 9.90. The van der Waals surface area contributed by atoms with Crippen LogP contribution in [0.1, 0.15) is 73.9 Å². The van der Waals surface area contributed by atoms with Gasteiger partial charge in [0.15, 0.2) is 5.82 Å². The van der Waals surface area contributed by atoms with E-state index in [2.05, 4.69) is 40.0 Å². The lowest BCUT2D eigenvalue weighted by molar-refractivity contribution is -0.135. The zero-order valence-corrected chi connectivity index (χ0v) is 19.7. The van der Waals surface area contributed by atoms with Gasteiger partial charge in [-0.15, -0.1) is 0 Å². The minimum absolute atomic E-state index is 0.133. The molecule has 2 aliphatic rings. The number of rotatable bonds is 6. The summed E-state index contributed by atoms with van der Waals surface area (Å²) in [6.45, 7) is 6.86. The number of amides is 2. The van der Waals surface area contributed by atoms with Gasteiger partial charge < -0.3 is 10.2 Å². The topological polar surface area (TPSA) is 99.2 Å². The molecule has 3 unspecified atom stereocenters. The predicted molar refractivity (Wildman–Crippen MR) is 127 cm³/mol. The summed E-state index contributed by atoms with van der Waals surface area (Å²) in [5, 5.41) is 2.88. The summed E-state index contributed by atoms with van der Waals surface area (Å²) in [5.74, 6) is 0.989. The minimum atomic E-state index is -0.233. The van der Waals surface area contributed by atoms with Crippen molar-refractivity contribution in [2.24, 2.45) is 5.92 Å². The Labute approximate surface area is 195 Å². The first-order chi connectivity index (χ1) is 15.9. The van der Waals surface area contributed by atoms with Gasteiger partial charge in [0, 0.05) is 36.9 Å². The zero-order valence-electron chi connectivity index (χ0n) is 19.7. The first-order valence-electron chi connectivity index (χ1n) is 11.9. The van der Waals surface area contributed by atoms with Gasteiger partial charge in [-0.3, -0.25) is 20.4 Å². The highest BCUT2D eigenvalue weighted by molar-refractivity contribution is 6.04. The number of aromatic nitrogens is 2. The van der Waals surface area contributed by atoms with Gasteiger partial charge >= 0.3 is 0 Å². The van der Waals surface area contributed by atoms with Crippen LogP contribution in [0, 0.1) is 12.8 Å². The van der Waals surface area contributed by atoms with Crippen LogP contribution in [0.5, 0.6) is 0 Å². The van der Waals surface area contributed by atoms with Crippen molar-refractivity contribution in [1.29, 1.82) is 0 Å². The second kappa shape index (κ2) is 10.4. The number of likely N-dealkylation sites (tertiary alicyclic amines) is 1. The van der Waals surface area contributed by atoms with Crippen molar-refractivity contribution < 1.29 is 9.59 Å². The molecule has 1 aromatic heterocycles. The van der Waals surface area contributed by atoms with Crippen LogP contribution in [-0.4, -0.2) is 45.3 Å². The fourth-order valence-electron chi connectivity index (χ4n) is 4.93. The van der Waals surface area contributed by atoms with Crippen LogP contribution in [0.2, 0.25) is 0 Å². The number of carbonyl (C=O) groups excluding carboxylic acids is 2. The van der Waals surface area contributed by atoms with Crippen molar-refractivity contribution in [1.82, 2.24) is 25.7 Å². The van der Waals surface area contributed by atoms with Crippen LogP contribution >= 0.6 is 0 Å². The van der Waals surface area contributed by atoms with Crippen LogP contribution in [0.25, 0.3) is 0 Å². The Balaban J connectivity index is 1.44. The lowest BCUT2D eigenvalue weighted by Crippen LogP contribution is -2.40. The molecule has 2 saturated heterocycles. The molecule has 176 valence electrons. The third-order valence-electron chi connectivity index (χ3n) is 6.91. The van der Waals surface area contributed by atoms with E-state index < -0.39 is 0 Å². The highest BCUT2D eigenvalue weighted by atomic mass is 16.2. The molecule has 2 amide bonds. The molecule has 1 aromatic carbocycles. The van der Waals surface area contributed by atoms with E-state index in [-0.39, 0.29) is 17.9 Å². The van der Waals surface area contributed by atoms with Gasteiger partial charge in [0.2, 0.25) is 5.91 Å². The standard InChI is InChI=1S/C25H34N6O2/c1-16-21(25(33)28-19-9-5-4-6-10-19)15-26-24(27-16)22-11-7-8-14-31(22)23(32)13-12-20-17(2)29-30-18(20)3/h4-6,9-10,15,17-18,20,22,29-30H,7-8,11-14H2,1-3H3,(H,28,33). The Hall–Kier alpha value is -2.84. The Kier molecular flexibility index (Phi) is 7.35. The molecular weight excluding hydrogens is 416 g/mol. The van der Waals surface area contributed by atoms with E-state index >= 15 is 0 Å². The molecule has 0 bridgehead atoms. The molecule has 0 spiro atoms. The van der Waals surface area contributed by atoms with Crippen LogP contribution in [0.3, 0.4) is 0 Å². The molecule has 8 nitrogen and oxygen atoms in total. The lowest BCUT2D eigenvalue weighted by Gasteiger charge is -2.35. The van der Waals surface area contributed by atoms with Crippen molar-refractivity contribution in [3.05, 3.63) is 53.6 Å². The first-order valence-corrected chi connectivity index (χ1v) is 11.9. The molecule has 2 aliphatic heterocycles. The summed E-state index contributed by atoms with van der Waals surface area (Å²) in [7, 11) is 0. The van der Waals surface area contributed by atoms with E-state index in [1.165, 1.54) is 0 Å². The molecule has 0 radical (unpaired) electrons. The van der Waals surface area contributed by atoms with Gasteiger partial charge in [0.05, 0.1) is 17.3 Å². The summed E-state index contributed by atoms with van der Waals surface area (Å²) < 4.78 is 0. The van der Waals surface area contributed by atoms with E-state index in [9.17, 15) is 9.59 Å². The summed E-state index contributed by atoms with van der Waals surface area (Å²) >= 11 is 0. The molecule has 0 aliphatic carbocycles. The molecule has 3 atom stereocenters. The first kappa shape index (κ1) is 23.3. The van der Waals surface area contributed by atoms with Gasteiger partial charge in [-0.2, -0.15) is 0 Å². The van der Waals surface area contributed by atoms with E-state index in [1.54, 1.807) is 6.20 Å². The second-order valence-corrected chi connectivity index (χ2v) is 9.21. The highest BCUT2D eigenvalue weighted by Gasteiger charge is 2.33. The molecule has 3 heterocycles. The minimum Gasteiger partial charge on any atom is -0.332 e. The number of nitrogens with zero attached hydrogens (tertiary/aromatic N) is 3. The number of carbonyl (C=O) groups is 2. The van der Waals surface area contributed by atoms with Gasteiger partial charge in [-0.25, -0.2) is 9.97 Å². The molecule has 2 fully saturated rings. The monoisotopic (exact) mass is 450 g/mol. The van der Waals surface area contributed by atoms with Crippen molar-refractivity contribution in [3.63, 3.8) is 0 Å². The number of aryl methyl sites for hydroxylation is 1. The van der Waals surface area contributed by atoms with Crippen LogP contribution in [0.4, 0.5) is 5.69 Å². The quantitative estimate of drug-likeness (QED) is 0.624. The average Bonchev–Trinajstić information content (AvgIpc) is 3.15. The number of nitrogens with one attached hydrogen (secondary N) is 3. The molecule has 2 aromatic rings. The highest BCUT2D eigenvalue weighted by Crippen LogP contribution is 2.31. The maximum Gasteiger partial charge on any atom is 0.259 e. The van der Waals surface area contributed by atoms with Gasteiger partial charge in [-0.05, 0) is 64.5 Å². The zero-order chi connectivity index (χ0) is 23.4. The Bertz CT molecular complexity index is 972. The molecule has 0 saturated carbocycles. The normalized spacial score (nSPS) is 25.1. The van der Waals surface area contributed by atoms with E-state index in [4.69, 9.17) is 0 Å². The van der Waals surface area contributed by atoms with Crippen molar-refractivity contribution in [3.8, 4) is 0 Å². The SMILES string of the molecule is Cc1nc(C2CCCCN2C(=O)CCC2C(C)NNC2C)ncc1C(=O)Nc1ccccc1. The molecule has 33 heavy (non-hydrogen) atoms. The van der Waals surface area contributed by atoms with Crippen LogP contribution in [0.15, 0.2) is 36.5 Å². The number of hydrazine groups is 1. The lowest BCUT2D eigenvalue weighted by atomic mass is 9.91. The van der Waals surface area contributed by atoms with E-state index in [0.717, 1.165) is 37.9 Å². The summed E-state index contributed by atoms with van der Waals surface area (Å²) in [6.07, 6.45) is 5.85. The molecular formula is C25H34N6O2. The average molecular weight is 451 g/mol. The number of benzene rings is 1. The fraction of sp³-hybridized carbons (Fsp3) is 0.520. The Morgan fingerprint density at radius 2 is 1.85 bits per heavy atom. The van der Waals surface area contributed by atoms with Crippen LogP contribution < -0.4 is 16.2 Å². The Morgan fingerprint density at radius 1 is 1.12 bits per heavy atom. The number of para-hydroxylation sites is 1. The largest absolute Gasteiger partial charge is 0.332 e. The van der Waals surface area contributed by atoms with Gasteiger partial charge in [0.1, 0.15) is 0 Å². The van der Waals surface area contributed by atoms with Gasteiger partial charge in [-0.1, -0.05) is 18.2 Å². The van der Waals surface area contributed by atoms with Crippen LogP contribution in [-0.2, 0) is 4.79 Å². The Morgan fingerprint density at radius 3 is 2.55 bits per heavy atom. The third-order valence-corrected chi connectivity index (χ3v) is 6.91. The molecule has 8 heteroatoms. The third kappa shape index (κ3) is 5.39. The van der Waals surface area contributed by atoms with E-state index in [0.29, 0.717) is 41.5 Å². The summed E-state index contributed by atoms with van der Waals surface area (Å²) in [5.41, 5.74) is 8.33. The smallest absolute Gasteiger partial charge is 0.259 e. The molecule has 3 N–H and O–H groups in total. The van der Waals surface area contributed by atoms with Crippen molar-refractivity contribution in [2.45, 2.75) is 71.0 Å². The van der Waals surface area contributed by atoms with Crippen molar-refractivity contribution in [2.75, 3.05) is 11.9 Å². The number of hydrogen-bond acceptors (Lipinski definition) is 6. The fourth-order valence-corrected chi connectivity index (χ4v) is 4.93. The predicted octanol–water partition coefficient (Wildman–Crippen LogP) is 3.37. The van der Waals surface area contributed by atoms with E-state index in [1.807, 2.05) is 42.2 Å². The maximum absolute atomic E-state index is 13.2. The number of piperidine rings is 1. The maximum atomic E-state index is 13.2. The number of hydrogen-bond donors (Lipinski definition) is 3.